The summed E-state index contributed by atoms with van der Waals surface area (Å²) in [6.45, 7) is 6.87. The number of rotatable bonds is 7. The van der Waals surface area contributed by atoms with E-state index in [9.17, 15) is 4.79 Å². The lowest BCUT2D eigenvalue weighted by molar-refractivity contribution is -0.130. The van der Waals surface area contributed by atoms with Crippen LogP contribution < -0.4 is 15.5 Å². The number of anilines is 1. The zero-order valence-electron chi connectivity index (χ0n) is 17.2. The summed E-state index contributed by atoms with van der Waals surface area (Å²) in [6.07, 6.45) is 2.58. The first-order valence-corrected chi connectivity index (χ1v) is 10.1. The van der Waals surface area contributed by atoms with Crippen molar-refractivity contribution in [2.45, 2.75) is 19.9 Å². The molecule has 1 amide bonds. The number of benzene rings is 1. The predicted molar refractivity (Wildman–Crippen MR) is 114 cm³/mol. The molecule has 1 saturated heterocycles. The van der Waals surface area contributed by atoms with E-state index in [4.69, 9.17) is 0 Å². The van der Waals surface area contributed by atoms with Crippen molar-refractivity contribution in [3.63, 3.8) is 0 Å². The van der Waals surface area contributed by atoms with Gasteiger partial charge in [0.15, 0.2) is 5.96 Å². The molecule has 0 saturated carbocycles. The first-order chi connectivity index (χ1) is 14.2. The molecule has 0 aliphatic carbocycles. The average Bonchev–Trinajstić information content (AvgIpc) is 3.24. The van der Waals surface area contributed by atoms with Crippen LogP contribution in [0.2, 0.25) is 0 Å². The van der Waals surface area contributed by atoms with E-state index >= 15 is 0 Å². The van der Waals surface area contributed by atoms with Crippen LogP contribution in [0.4, 0.5) is 5.69 Å². The summed E-state index contributed by atoms with van der Waals surface area (Å²) in [7, 11) is 1.70. The molecule has 0 spiro atoms. The zero-order chi connectivity index (χ0) is 20.5. The molecule has 0 radical (unpaired) electrons. The summed E-state index contributed by atoms with van der Waals surface area (Å²) in [5.74, 6) is 1.67. The van der Waals surface area contributed by atoms with Crippen LogP contribution in [-0.2, 0) is 17.8 Å². The fourth-order valence-electron chi connectivity index (χ4n) is 3.38. The lowest BCUT2D eigenvalue weighted by Gasteiger charge is -2.36. The number of carbonyl (C=O) groups excluding carboxylic acids is 1. The summed E-state index contributed by atoms with van der Waals surface area (Å²) < 4.78 is 2.01. The van der Waals surface area contributed by atoms with E-state index in [-0.39, 0.29) is 12.5 Å². The number of aryl methyl sites for hydroxylation is 1. The fourth-order valence-corrected chi connectivity index (χ4v) is 3.38. The molecule has 2 aromatic rings. The van der Waals surface area contributed by atoms with Gasteiger partial charge >= 0.3 is 0 Å². The molecule has 1 aromatic heterocycles. The lowest BCUT2D eigenvalue weighted by atomic mass is 10.2. The van der Waals surface area contributed by atoms with E-state index in [1.807, 2.05) is 27.7 Å². The SMILES string of the molecule is CCc1nncn1CCNC(=NC)NCC(=O)N1CCN(c2ccccc2)CC1. The molecule has 1 aliphatic rings. The Kier molecular flexibility index (Phi) is 7.43. The standard InChI is InChI=1S/C20H30N8O/c1-3-18-25-24-16-28(18)10-9-22-20(21-2)23-15-19(29)27-13-11-26(12-14-27)17-7-5-4-6-8-17/h4-8,16H,3,9-15H2,1-2H3,(H2,21,22,23). The Morgan fingerprint density at radius 1 is 1.14 bits per heavy atom. The first kappa shape index (κ1) is 20.6. The van der Waals surface area contributed by atoms with Crippen LogP contribution >= 0.6 is 0 Å². The molecule has 2 heterocycles. The second-order valence-corrected chi connectivity index (χ2v) is 6.85. The number of nitrogens with zero attached hydrogens (tertiary/aromatic N) is 6. The third-order valence-electron chi connectivity index (χ3n) is 5.04. The Hall–Kier alpha value is -3.10. The van der Waals surface area contributed by atoms with Crippen molar-refractivity contribution < 1.29 is 4.79 Å². The molecule has 2 N–H and O–H groups in total. The molecule has 0 atom stereocenters. The van der Waals surface area contributed by atoms with Crippen LogP contribution in [0.1, 0.15) is 12.7 Å². The van der Waals surface area contributed by atoms with Gasteiger partial charge < -0.3 is 25.0 Å². The summed E-state index contributed by atoms with van der Waals surface area (Å²) in [6, 6.07) is 10.3. The van der Waals surface area contributed by atoms with Crippen molar-refractivity contribution in [3.05, 3.63) is 42.5 Å². The van der Waals surface area contributed by atoms with Gasteiger partial charge in [-0.1, -0.05) is 25.1 Å². The molecule has 156 valence electrons. The van der Waals surface area contributed by atoms with Crippen LogP contribution in [0.15, 0.2) is 41.7 Å². The zero-order valence-corrected chi connectivity index (χ0v) is 17.2. The molecule has 9 nitrogen and oxygen atoms in total. The highest BCUT2D eigenvalue weighted by Crippen LogP contribution is 2.15. The van der Waals surface area contributed by atoms with Crippen molar-refractivity contribution in [3.8, 4) is 0 Å². The maximum Gasteiger partial charge on any atom is 0.242 e. The van der Waals surface area contributed by atoms with Crippen LogP contribution in [0, 0.1) is 0 Å². The second-order valence-electron chi connectivity index (χ2n) is 6.85. The summed E-state index contributed by atoms with van der Waals surface area (Å²) in [5.41, 5.74) is 1.21. The highest BCUT2D eigenvalue weighted by Gasteiger charge is 2.21. The normalized spacial score (nSPS) is 14.8. The van der Waals surface area contributed by atoms with Gasteiger partial charge in [0, 0.05) is 58.4 Å². The minimum atomic E-state index is 0.0905. The minimum Gasteiger partial charge on any atom is -0.368 e. The number of amides is 1. The molecule has 0 bridgehead atoms. The van der Waals surface area contributed by atoms with Gasteiger partial charge in [-0.05, 0) is 12.1 Å². The van der Waals surface area contributed by atoms with Crippen molar-refractivity contribution in [2.75, 3.05) is 51.2 Å². The maximum absolute atomic E-state index is 12.5. The number of hydrogen-bond donors (Lipinski definition) is 2. The number of nitrogens with one attached hydrogen (secondary N) is 2. The number of piperazine rings is 1. The van der Waals surface area contributed by atoms with Gasteiger partial charge in [0.2, 0.25) is 5.91 Å². The van der Waals surface area contributed by atoms with Gasteiger partial charge in [-0.3, -0.25) is 9.79 Å². The van der Waals surface area contributed by atoms with E-state index in [2.05, 4.69) is 49.8 Å². The molecular weight excluding hydrogens is 368 g/mol. The maximum atomic E-state index is 12.5. The van der Waals surface area contributed by atoms with Crippen LogP contribution in [0.25, 0.3) is 0 Å². The van der Waals surface area contributed by atoms with Crippen molar-refractivity contribution in [2.24, 2.45) is 4.99 Å². The molecule has 1 aliphatic heterocycles. The van der Waals surface area contributed by atoms with Crippen LogP contribution in [-0.4, -0.2) is 77.8 Å². The molecule has 9 heteroatoms. The van der Waals surface area contributed by atoms with Gasteiger partial charge in [0.1, 0.15) is 12.2 Å². The number of aromatic nitrogens is 3. The smallest absolute Gasteiger partial charge is 0.242 e. The molecule has 1 fully saturated rings. The lowest BCUT2D eigenvalue weighted by Crippen LogP contribution is -2.52. The quantitative estimate of drug-likeness (QED) is 0.517. The predicted octanol–water partition coefficient (Wildman–Crippen LogP) is 0.354. The Labute approximate surface area is 171 Å². The number of guanidine groups is 1. The minimum absolute atomic E-state index is 0.0905. The second kappa shape index (κ2) is 10.4. The number of hydrogen-bond acceptors (Lipinski definition) is 5. The topological polar surface area (TPSA) is 90.7 Å². The molecule has 0 unspecified atom stereocenters. The summed E-state index contributed by atoms with van der Waals surface area (Å²) >= 11 is 0. The molecule has 1 aromatic carbocycles. The summed E-state index contributed by atoms with van der Waals surface area (Å²) in [5, 5.41) is 14.3. The van der Waals surface area contributed by atoms with Crippen molar-refractivity contribution >= 4 is 17.6 Å². The third-order valence-corrected chi connectivity index (χ3v) is 5.04. The molecular formula is C20H30N8O. The van der Waals surface area contributed by atoms with Gasteiger partial charge in [0.25, 0.3) is 0 Å². The summed E-state index contributed by atoms with van der Waals surface area (Å²) in [4.78, 5) is 21.0. The van der Waals surface area contributed by atoms with Crippen molar-refractivity contribution in [1.82, 2.24) is 30.3 Å². The number of aliphatic imine (C=N–C) groups is 1. The van der Waals surface area contributed by atoms with E-state index in [0.717, 1.165) is 45.0 Å². The molecule has 3 rings (SSSR count). The largest absolute Gasteiger partial charge is 0.368 e. The third kappa shape index (κ3) is 5.69. The van der Waals surface area contributed by atoms with Crippen molar-refractivity contribution in [1.29, 1.82) is 0 Å². The fraction of sp³-hybridized carbons (Fsp3) is 0.500. The molecule has 29 heavy (non-hydrogen) atoms. The Morgan fingerprint density at radius 2 is 1.90 bits per heavy atom. The Balaban J connectivity index is 1.38. The van der Waals surface area contributed by atoms with E-state index in [1.54, 1.807) is 13.4 Å². The van der Waals surface area contributed by atoms with Gasteiger partial charge in [-0.2, -0.15) is 0 Å². The van der Waals surface area contributed by atoms with Gasteiger partial charge in [-0.25, -0.2) is 0 Å². The highest BCUT2D eigenvalue weighted by molar-refractivity contribution is 5.86. The average molecular weight is 399 g/mol. The number of carbonyl (C=O) groups is 1. The van der Waals surface area contributed by atoms with Crippen LogP contribution in [0.5, 0.6) is 0 Å². The Bertz CT molecular complexity index is 796. The Morgan fingerprint density at radius 3 is 2.59 bits per heavy atom. The van der Waals surface area contributed by atoms with Gasteiger partial charge in [-0.15, -0.1) is 10.2 Å². The first-order valence-electron chi connectivity index (χ1n) is 10.1. The number of para-hydroxylation sites is 1. The van der Waals surface area contributed by atoms with Gasteiger partial charge in [0.05, 0.1) is 6.54 Å². The van der Waals surface area contributed by atoms with E-state index in [0.29, 0.717) is 12.5 Å². The van der Waals surface area contributed by atoms with E-state index in [1.165, 1.54) is 5.69 Å². The highest BCUT2D eigenvalue weighted by atomic mass is 16.2. The monoisotopic (exact) mass is 398 g/mol. The van der Waals surface area contributed by atoms with Crippen LogP contribution in [0.3, 0.4) is 0 Å². The van der Waals surface area contributed by atoms with E-state index < -0.39 is 0 Å².